The van der Waals surface area contributed by atoms with Gasteiger partial charge < -0.3 is 11.1 Å². The molecule has 3 N–H and O–H groups in total. The molecule has 5 heteroatoms. The molecule has 1 heterocycles. The van der Waals surface area contributed by atoms with Crippen LogP contribution in [0.1, 0.15) is 32.3 Å². The van der Waals surface area contributed by atoms with E-state index in [1.165, 1.54) is 6.33 Å². The van der Waals surface area contributed by atoms with E-state index in [0.29, 0.717) is 17.7 Å². The van der Waals surface area contributed by atoms with Crippen molar-refractivity contribution < 1.29 is 0 Å². The van der Waals surface area contributed by atoms with Crippen LogP contribution in [0.15, 0.2) is 6.33 Å². The summed E-state index contributed by atoms with van der Waals surface area (Å²) in [6.07, 6.45) is 3.64. The van der Waals surface area contributed by atoms with Crippen LogP contribution in [0.25, 0.3) is 0 Å². The minimum absolute atomic E-state index is 0.328. The van der Waals surface area contributed by atoms with Crippen LogP contribution in [0.3, 0.4) is 0 Å². The molecule has 0 fully saturated rings. The highest BCUT2D eigenvalue weighted by atomic mass is 32.2. The molecule has 17 heavy (non-hydrogen) atoms. The lowest BCUT2D eigenvalue weighted by molar-refractivity contribution is 0.696. The third-order valence-corrected chi connectivity index (χ3v) is 3.46. The molecule has 1 atom stereocenters. The average molecular weight is 254 g/mol. The summed E-state index contributed by atoms with van der Waals surface area (Å²) in [6, 6.07) is 0. The number of nitrogens with zero attached hydrogens (tertiary/aromatic N) is 2. The van der Waals surface area contributed by atoms with Crippen molar-refractivity contribution in [3.63, 3.8) is 0 Å². The summed E-state index contributed by atoms with van der Waals surface area (Å²) in [5, 5.41) is 3.38. The Morgan fingerprint density at radius 2 is 2.06 bits per heavy atom. The fourth-order valence-electron chi connectivity index (χ4n) is 1.73. The highest BCUT2D eigenvalue weighted by Gasteiger charge is 2.13. The third kappa shape index (κ3) is 4.07. The summed E-state index contributed by atoms with van der Waals surface area (Å²) in [5.41, 5.74) is 6.91. The first-order chi connectivity index (χ1) is 8.06. The lowest BCUT2D eigenvalue weighted by atomic mass is 10.0. The van der Waals surface area contributed by atoms with Crippen LogP contribution >= 0.6 is 11.8 Å². The molecule has 0 saturated carbocycles. The minimum atomic E-state index is 0.328. The monoisotopic (exact) mass is 254 g/mol. The second kappa shape index (κ2) is 6.69. The third-order valence-electron chi connectivity index (χ3n) is 2.56. The van der Waals surface area contributed by atoms with Gasteiger partial charge in [-0.2, -0.15) is 11.8 Å². The first kappa shape index (κ1) is 14.1. The zero-order valence-corrected chi connectivity index (χ0v) is 11.8. The number of thioether (sulfide) groups is 1. The van der Waals surface area contributed by atoms with Gasteiger partial charge in [-0.05, 0) is 23.8 Å². The van der Waals surface area contributed by atoms with Crippen molar-refractivity contribution in [1.29, 1.82) is 0 Å². The Morgan fingerprint density at radius 3 is 2.65 bits per heavy atom. The molecule has 0 aliphatic heterocycles. The Morgan fingerprint density at radius 1 is 1.35 bits per heavy atom. The highest BCUT2D eigenvalue weighted by Crippen LogP contribution is 2.26. The molecular weight excluding hydrogens is 232 g/mol. The van der Waals surface area contributed by atoms with E-state index < -0.39 is 0 Å². The van der Waals surface area contributed by atoms with Crippen molar-refractivity contribution in [2.45, 2.75) is 26.7 Å². The molecule has 0 aliphatic rings. The predicted molar refractivity (Wildman–Crippen MR) is 76.6 cm³/mol. The van der Waals surface area contributed by atoms with Crippen molar-refractivity contribution in [3.8, 4) is 0 Å². The van der Waals surface area contributed by atoms with Gasteiger partial charge in [-0.1, -0.05) is 20.8 Å². The summed E-state index contributed by atoms with van der Waals surface area (Å²) < 4.78 is 0. The van der Waals surface area contributed by atoms with Crippen LogP contribution in [-0.2, 0) is 0 Å². The smallest absolute Gasteiger partial charge is 0.134 e. The number of rotatable bonds is 6. The van der Waals surface area contributed by atoms with Gasteiger partial charge in [0.1, 0.15) is 18.0 Å². The van der Waals surface area contributed by atoms with Crippen LogP contribution in [0.2, 0.25) is 0 Å². The molecule has 1 rings (SSSR count). The Kier molecular flexibility index (Phi) is 5.55. The van der Waals surface area contributed by atoms with Crippen LogP contribution in [0.4, 0.5) is 11.6 Å². The van der Waals surface area contributed by atoms with Gasteiger partial charge >= 0.3 is 0 Å². The Bertz CT molecular complexity index is 354. The molecule has 1 aromatic heterocycles. The van der Waals surface area contributed by atoms with Crippen LogP contribution in [-0.4, -0.2) is 28.5 Å². The molecule has 96 valence electrons. The molecule has 0 radical (unpaired) electrons. The molecule has 4 nitrogen and oxygen atoms in total. The Hall–Kier alpha value is -0.970. The van der Waals surface area contributed by atoms with Crippen LogP contribution < -0.4 is 11.1 Å². The highest BCUT2D eigenvalue weighted by molar-refractivity contribution is 7.98. The lowest BCUT2D eigenvalue weighted by Crippen LogP contribution is -2.16. The van der Waals surface area contributed by atoms with E-state index in [4.69, 9.17) is 5.73 Å². The quantitative estimate of drug-likeness (QED) is 0.817. The normalized spacial score (nSPS) is 12.8. The topological polar surface area (TPSA) is 63.8 Å². The molecule has 1 aromatic rings. The van der Waals surface area contributed by atoms with E-state index in [9.17, 15) is 0 Å². The summed E-state index contributed by atoms with van der Waals surface area (Å²) in [5.74, 6) is 3.54. The van der Waals surface area contributed by atoms with Gasteiger partial charge in [-0.3, -0.25) is 0 Å². The van der Waals surface area contributed by atoms with E-state index in [1.54, 1.807) is 0 Å². The summed E-state index contributed by atoms with van der Waals surface area (Å²) in [4.78, 5) is 8.33. The van der Waals surface area contributed by atoms with E-state index >= 15 is 0 Å². The molecule has 1 unspecified atom stereocenters. The number of aromatic nitrogens is 2. The van der Waals surface area contributed by atoms with Gasteiger partial charge in [-0.25, -0.2) is 9.97 Å². The Balaban J connectivity index is 2.73. The zero-order chi connectivity index (χ0) is 12.8. The maximum absolute atomic E-state index is 5.89. The molecule has 0 aromatic carbocycles. The fraction of sp³-hybridized carbons (Fsp3) is 0.667. The summed E-state index contributed by atoms with van der Waals surface area (Å²) in [6.45, 7) is 7.34. The molecular formula is C12H22N4S. The van der Waals surface area contributed by atoms with Crippen LogP contribution in [0, 0.1) is 5.92 Å². The van der Waals surface area contributed by atoms with E-state index in [-0.39, 0.29) is 0 Å². The standard InChI is InChI=1S/C12H22N4S/c1-8(2)10-11(13)15-7-16-12(10)14-5-9(3)6-17-4/h7-9H,5-6H2,1-4H3,(H3,13,14,15,16). The van der Waals surface area contributed by atoms with Crippen molar-refractivity contribution in [2.75, 3.05) is 29.6 Å². The average Bonchev–Trinajstić information content (AvgIpc) is 2.26. The first-order valence-corrected chi connectivity index (χ1v) is 7.28. The van der Waals surface area contributed by atoms with Gasteiger partial charge in [0.05, 0.1) is 0 Å². The van der Waals surface area contributed by atoms with Gasteiger partial charge in [0, 0.05) is 12.1 Å². The number of hydrogen-bond acceptors (Lipinski definition) is 5. The van der Waals surface area contributed by atoms with Crippen molar-refractivity contribution in [1.82, 2.24) is 9.97 Å². The van der Waals surface area contributed by atoms with Crippen molar-refractivity contribution in [2.24, 2.45) is 5.92 Å². The maximum atomic E-state index is 5.89. The molecule has 0 bridgehead atoms. The second-order valence-corrected chi connectivity index (χ2v) is 5.53. The van der Waals surface area contributed by atoms with Crippen LogP contribution in [0.5, 0.6) is 0 Å². The summed E-state index contributed by atoms with van der Waals surface area (Å²) in [7, 11) is 0. The van der Waals surface area contributed by atoms with Gasteiger partial charge in [0.2, 0.25) is 0 Å². The number of nitrogen functional groups attached to an aromatic ring is 1. The SMILES string of the molecule is CSCC(C)CNc1ncnc(N)c1C(C)C. The van der Waals surface area contributed by atoms with Gasteiger partial charge in [-0.15, -0.1) is 0 Å². The lowest BCUT2D eigenvalue weighted by Gasteiger charge is -2.17. The first-order valence-electron chi connectivity index (χ1n) is 5.89. The van der Waals surface area contributed by atoms with E-state index in [0.717, 1.165) is 23.7 Å². The minimum Gasteiger partial charge on any atom is -0.383 e. The number of nitrogens with one attached hydrogen (secondary N) is 1. The maximum Gasteiger partial charge on any atom is 0.134 e. The van der Waals surface area contributed by atoms with E-state index in [1.807, 2.05) is 11.8 Å². The second-order valence-electron chi connectivity index (χ2n) is 4.62. The van der Waals surface area contributed by atoms with E-state index in [2.05, 4.69) is 42.3 Å². The number of hydrogen-bond donors (Lipinski definition) is 2. The zero-order valence-electron chi connectivity index (χ0n) is 11.0. The number of anilines is 2. The molecule has 0 aliphatic carbocycles. The fourth-order valence-corrected chi connectivity index (χ4v) is 2.42. The van der Waals surface area contributed by atoms with Crippen molar-refractivity contribution in [3.05, 3.63) is 11.9 Å². The molecule has 0 spiro atoms. The van der Waals surface area contributed by atoms with Crippen molar-refractivity contribution >= 4 is 23.4 Å². The van der Waals surface area contributed by atoms with Gasteiger partial charge in [0.25, 0.3) is 0 Å². The molecule has 0 amide bonds. The molecule has 0 saturated heterocycles. The number of nitrogens with two attached hydrogens (primary N) is 1. The Labute approximate surface area is 108 Å². The largest absolute Gasteiger partial charge is 0.383 e. The summed E-state index contributed by atoms with van der Waals surface area (Å²) >= 11 is 1.86. The predicted octanol–water partition coefficient (Wildman–Crippen LogP) is 2.59. The van der Waals surface area contributed by atoms with Gasteiger partial charge in [0.15, 0.2) is 0 Å².